The molecule has 0 amide bonds. The molecular formula is C14H19FN2O3. The maximum atomic E-state index is 13.7. The second kappa shape index (κ2) is 6.56. The Labute approximate surface area is 117 Å². The van der Waals surface area contributed by atoms with E-state index in [2.05, 4.69) is 10.1 Å². The van der Waals surface area contributed by atoms with Crippen molar-refractivity contribution in [3.8, 4) is 0 Å². The Hall–Kier alpha value is -1.82. The number of ether oxygens (including phenoxy) is 2. The SMILES string of the molecule is COC(=O)c1cc(NCCOCC2CC2)c(F)cc1N. The lowest BCUT2D eigenvalue weighted by molar-refractivity contribution is 0.0602. The topological polar surface area (TPSA) is 73.6 Å². The molecule has 0 aromatic heterocycles. The van der Waals surface area contributed by atoms with Gasteiger partial charge >= 0.3 is 5.97 Å². The van der Waals surface area contributed by atoms with Gasteiger partial charge in [0.1, 0.15) is 5.82 Å². The molecule has 0 atom stereocenters. The molecule has 1 fully saturated rings. The molecule has 1 aliphatic rings. The Morgan fingerprint density at radius 3 is 2.90 bits per heavy atom. The van der Waals surface area contributed by atoms with Crippen LogP contribution in [0, 0.1) is 11.7 Å². The summed E-state index contributed by atoms with van der Waals surface area (Å²) < 4.78 is 23.7. The van der Waals surface area contributed by atoms with E-state index in [1.54, 1.807) is 0 Å². The molecule has 2 rings (SSSR count). The van der Waals surface area contributed by atoms with E-state index in [-0.39, 0.29) is 16.9 Å². The summed E-state index contributed by atoms with van der Waals surface area (Å²) in [6, 6.07) is 2.47. The Morgan fingerprint density at radius 2 is 2.25 bits per heavy atom. The number of nitrogen functional groups attached to an aromatic ring is 1. The summed E-state index contributed by atoms with van der Waals surface area (Å²) in [7, 11) is 1.25. The summed E-state index contributed by atoms with van der Waals surface area (Å²) in [4.78, 5) is 11.5. The van der Waals surface area contributed by atoms with E-state index in [4.69, 9.17) is 10.5 Å². The van der Waals surface area contributed by atoms with Crippen LogP contribution in [0.4, 0.5) is 15.8 Å². The van der Waals surface area contributed by atoms with Crippen LogP contribution in [0.2, 0.25) is 0 Å². The number of nitrogens with one attached hydrogen (secondary N) is 1. The van der Waals surface area contributed by atoms with Gasteiger partial charge in [-0.1, -0.05) is 0 Å². The third-order valence-corrected chi connectivity index (χ3v) is 3.16. The fraction of sp³-hybridized carbons (Fsp3) is 0.500. The Bertz CT molecular complexity index is 490. The van der Waals surface area contributed by atoms with Crippen LogP contribution < -0.4 is 11.1 Å². The van der Waals surface area contributed by atoms with Crippen molar-refractivity contribution in [1.82, 2.24) is 0 Å². The van der Waals surface area contributed by atoms with Crippen molar-refractivity contribution in [2.24, 2.45) is 5.92 Å². The number of nitrogens with two attached hydrogens (primary N) is 1. The van der Waals surface area contributed by atoms with E-state index in [0.717, 1.165) is 12.7 Å². The Kier molecular flexibility index (Phi) is 4.79. The summed E-state index contributed by atoms with van der Waals surface area (Å²) in [6.45, 7) is 1.72. The monoisotopic (exact) mass is 282 g/mol. The highest BCUT2D eigenvalue weighted by Crippen LogP contribution is 2.28. The van der Waals surface area contributed by atoms with Crippen molar-refractivity contribution in [1.29, 1.82) is 0 Å². The van der Waals surface area contributed by atoms with E-state index in [9.17, 15) is 9.18 Å². The number of carbonyl (C=O) groups excluding carboxylic acids is 1. The van der Waals surface area contributed by atoms with Gasteiger partial charge in [-0.15, -0.1) is 0 Å². The van der Waals surface area contributed by atoms with Gasteiger partial charge in [0.2, 0.25) is 0 Å². The summed E-state index contributed by atoms with van der Waals surface area (Å²) >= 11 is 0. The lowest BCUT2D eigenvalue weighted by Crippen LogP contribution is -2.13. The van der Waals surface area contributed by atoms with E-state index in [1.807, 2.05) is 0 Å². The maximum absolute atomic E-state index is 13.7. The minimum Gasteiger partial charge on any atom is -0.465 e. The molecule has 1 aromatic rings. The standard InChI is InChI=1S/C14H19FN2O3/c1-19-14(18)10-6-13(11(15)7-12(10)16)17-4-5-20-8-9-2-3-9/h6-7,9,17H,2-5,8,16H2,1H3. The molecule has 0 saturated heterocycles. The van der Waals surface area contributed by atoms with Crippen LogP contribution in [0.1, 0.15) is 23.2 Å². The number of methoxy groups -OCH3 is 1. The molecular weight excluding hydrogens is 263 g/mol. The van der Waals surface area contributed by atoms with E-state index >= 15 is 0 Å². The molecule has 1 aromatic carbocycles. The molecule has 5 nitrogen and oxygen atoms in total. The summed E-state index contributed by atoms with van der Waals surface area (Å²) in [5.41, 5.74) is 6.02. The Morgan fingerprint density at radius 1 is 1.50 bits per heavy atom. The molecule has 110 valence electrons. The molecule has 0 bridgehead atoms. The van der Waals surface area contributed by atoms with Gasteiger partial charge in [-0.25, -0.2) is 9.18 Å². The van der Waals surface area contributed by atoms with Gasteiger partial charge in [0.25, 0.3) is 0 Å². The summed E-state index contributed by atoms with van der Waals surface area (Å²) in [5, 5.41) is 2.89. The maximum Gasteiger partial charge on any atom is 0.340 e. The van der Waals surface area contributed by atoms with Gasteiger partial charge in [0.15, 0.2) is 0 Å². The summed E-state index contributed by atoms with van der Waals surface area (Å²) in [5.74, 6) is -0.387. The zero-order valence-corrected chi connectivity index (χ0v) is 11.4. The largest absolute Gasteiger partial charge is 0.465 e. The molecule has 0 spiro atoms. The fourth-order valence-electron chi connectivity index (χ4n) is 1.80. The van der Waals surface area contributed by atoms with Gasteiger partial charge in [0, 0.05) is 18.8 Å². The molecule has 6 heteroatoms. The number of rotatable bonds is 7. The average molecular weight is 282 g/mol. The van der Waals surface area contributed by atoms with Crippen molar-refractivity contribution < 1.29 is 18.7 Å². The average Bonchev–Trinajstić information content (AvgIpc) is 3.24. The predicted octanol–water partition coefficient (Wildman–Crippen LogP) is 2.03. The third kappa shape index (κ3) is 3.84. The molecule has 0 heterocycles. The highest BCUT2D eigenvalue weighted by Gasteiger charge is 2.21. The Balaban J connectivity index is 1.90. The minimum absolute atomic E-state index is 0.0601. The minimum atomic E-state index is -0.587. The van der Waals surface area contributed by atoms with Gasteiger partial charge < -0.3 is 20.5 Å². The van der Waals surface area contributed by atoms with Gasteiger partial charge in [-0.3, -0.25) is 0 Å². The van der Waals surface area contributed by atoms with Crippen LogP contribution >= 0.6 is 0 Å². The van der Waals surface area contributed by atoms with Crippen molar-refractivity contribution >= 4 is 17.3 Å². The van der Waals surface area contributed by atoms with Crippen molar-refractivity contribution in [3.05, 3.63) is 23.5 Å². The first kappa shape index (κ1) is 14.6. The molecule has 1 aliphatic carbocycles. The van der Waals surface area contributed by atoms with E-state index < -0.39 is 11.8 Å². The number of carbonyl (C=O) groups is 1. The predicted molar refractivity (Wildman–Crippen MR) is 74.2 cm³/mol. The van der Waals surface area contributed by atoms with E-state index in [1.165, 1.54) is 26.0 Å². The first-order valence-electron chi connectivity index (χ1n) is 6.60. The zero-order chi connectivity index (χ0) is 14.5. The van der Waals surface area contributed by atoms with Crippen LogP contribution in [0.25, 0.3) is 0 Å². The summed E-state index contributed by atoms with van der Waals surface area (Å²) in [6.07, 6.45) is 2.48. The number of hydrogen-bond acceptors (Lipinski definition) is 5. The quantitative estimate of drug-likeness (QED) is 0.455. The molecule has 0 radical (unpaired) electrons. The second-order valence-electron chi connectivity index (χ2n) is 4.86. The number of hydrogen-bond donors (Lipinski definition) is 2. The van der Waals surface area contributed by atoms with Crippen molar-refractivity contribution in [2.75, 3.05) is 37.9 Å². The van der Waals surface area contributed by atoms with Gasteiger partial charge in [-0.2, -0.15) is 0 Å². The molecule has 3 N–H and O–H groups in total. The van der Waals surface area contributed by atoms with Crippen LogP contribution in [0.15, 0.2) is 12.1 Å². The number of esters is 1. The molecule has 0 unspecified atom stereocenters. The number of anilines is 2. The van der Waals surface area contributed by atoms with Crippen molar-refractivity contribution in [2.45, 2.75) is 12.8 Å². The molecule has 1 saturated carbocycles. The van der Waals surface area contributed by atoms with Crippen LogP contribution in [0.3, 0.4) is 0 Å². The van der Waals surface area contributed by atoms with Crippen LogP contribution in [-0.4, -0.2) is 32.8 Å². The first-order valence-corrected chi connectivity index (χ1v) is 6.60. The van der Waals surface area contributed by atoms with Gasteiger partial charge in [0.05, 0.1) is 25.0 Å². The third-order valence-electron chi connectivity index (χ3n) is 3.16. The normalized spacial score (nSPS) is 14.1. The fourth-order valence-corrected chi connectivity index (χ4v) is 1.80. The number of halogens is 1. The van der Waals surface area contributed by atoms with Crippen LogP contribution in [0.5, 0.6) is 0 Å². The van der Waals surface area contributed by atoms with E-state index in [0.29, 0.717) is 19.1 Å². The van der Waals surface area contributed by atoms with Crippen LogP contribution in [-0.2, 0) is 9.47 Å². The highest BCUT2D eigenvalue weighted by atomic mass is 19.1. The van der Waals surface area contributed by atoms with Gasteiger partial charge in [-0.05, 0) is 30.9 Å². The van der Waals surface area contributed by atoms with Crippen molar-refractivity contribution in [3.63, 3.8) is 0 Å². The molecule has 0 aliphatic heterocycles. The zero-order valence-electron chi connectivity index (χ0n) is 11.4. The molecule has 20 heavy (non-hydrogen) atoms. The smallest absolute Gasteiger partial charge is 0.340 e. The highest BCUT2D eigenvalue weighted by molar-refractivity contribution is 5.96. The lowest BCUT2D eigenvalue weighted by atomic mass is 10.1. The second-order valence-corrected chi connectivity index (χ2v) is 4.86. The first-order chi connectivity index (χ1) is 9.61. The lowest BCUT2D eigenvalue weighted by Gasteiger charge is -2.11. The number of benzene rings is 1.